The summed E-state index contributed by atoms with van der Waals surface area (Å²) in [6.45, 7) is 3.69. The van der Waals surface area contributed by atoms with Crippen molar-refractivity contribution in [1.82, 2.24) is 4.90 Å². The van der Waals surface area contributed by atoms with E-state index in [0.717, 1.165) is 0 Å². The van der Waals surface area contributed by atoms with Gasteiger partial charge in [0, 0.05) is 4.75 Å². The van der Waals surface area contributed by atoms with Crippen molar-refractivity contribution in [1.29, 1.82) is 0 Å². The Balaban J connectivity index is 0.00000128. The first kappa shape index (κ1) is 15.3. The number of hydrogen-bond donors (Lipinski definition) is 1. The molecule has 2 aliphatic rings. The van der Waals surface area contributed by atoms with Gasteiger partial charge >= 0.3 is 35.5 Å². The Hall–Kier alpha value is 1.25. The molecule has 0 aromatic rings. The van der Waals surface area contributed by atoms with E-state index in [4.69, 9.17) is 5.11 Å². The second-order valence-electron chi connectivity index (χ2n) is 4.15. The zero-order chi connectivity index (χ0) is 11.6. The molecular weight excluding hydrogens is 373 g/mol. The summed E-state index contributed by atoms with van der Waals surface area (Å²) in [4.78, 5) is 24.3. The predicted molar refractivity (Wildman–Crippen MR) is 71.5 cm³/mol. The third-order valence-corrected chi connectivity index (χ3v) is 6.45. The molecule has 2 saturated heterocycles. The van der Waals surface area contributed by atoms with Gasteiger partial charge in [0.15, 0.2) is 3.23 Å². The van der Waals surface area contributed by atoms with Gasteiger partial charge in [-0.25, -0.2) is 4.79 Å². The molecule has 0 aromatic heterocycles. The first-order chi connectivity index (χ1) is 6.69. The molecule has 0 radical (unpaired) electrons. The number of thioether (sulfide) groups is 1. The third kappa shape index (κ3) is 1.91. The van der Waals surface area contributed by atoms with E-state index >= 15 is 0 Å². The van der Waals surface area contributed by atoms with Crippen molar-refractivity contribution in [3.8, 4) is 0 Å². The van der Waals surface area contributed by atoms with Crippen molar-refractivity contribution in [2.75, 3.05) is 0 Å². The molecule has 1 N–H and O–H groups in total. The number of hydrogen-bond acceptors (Lipinski definition) is 3. The number of nitrogens with zero attached hydrogens (tertiary/aromatic N) is 1. The fourth-order valence-electron chi connectivity index (χ4n) is 1.98. The number of amides is 1. The van der Waals surface area contributed by atoms with Gasteiger partial charge in [0.2, 0.25) is 0 Å². The summed E-state index contributed by atoms with van der Waals surface area (Å²) in [7, 11) is 0. The summed E-state index contributed by atoms with van der Waals surface area (Å²) in [6, 6.07) is -0.747. The van der Waals surface area contributed by atoms with Crippen molar-refractivity contribution in [3.63, 3.8) is 0 Å². The summed E-state index contributed by atoms with van der Waals surface area (Å²) in [5, 5.41) is 8.97. The topological polar surface area (TPSA) is 57.6 Å². The van der Waals surface area contributed by atoms with Gasteiger partial charge in [-0.3, -0.25) is 4.79 Å². The first-order valence-corrected chi connectivity index (χ1v) is 6.77. The number of halogens is 2. The van der Waals surface area contributed by atoms with Gasteiger partial charge in [-0.2, -0.15) is 0 Å². The zero-order valence-corrected chi connectivity index (χ0v) is 12.0. The monoisotopic (exact) mass is 381 g/mol. The number of carbonyl (C=O) groups excluding carboxylic acids is 1. The summed E-state index contributed by atoms with van der Waals surface area (Å²) >= 11 is 8.05. The number of carbonyl (C=O) groups is 2. The summed E-state index contributed by atoms with van der Waals surface area (Å²) in [5.41, 5.74) is 0. The van der Waals surface area contributed by atoms with Crippen molar-refractivity contribution in [2.45, 2.75) is 33.2 Å². The molecule has 1 amide bonds. The molecule has 2 heterocycles. The Morgan fingerprint density at radius 3 is 2.44 bits per heavy atom. The van der Waals surface area contributed by atoms with Gasteiger partial charge in [0.1, 0.15) is 11.4 Å². The van der Waals surface area contributed by atoms with Crippen LogP contribution in [0.15, 0.2) is 0 Å². The van der Waals surface area contributed by atoms with Crippen molar-refractivity contribution in [3.05, 3.63) is 0 Å². The van der Waals surface area contributed by atoms with Crippen molar-refractivity contribution >= 4 is 85.1 Å². The van der Waals surface area contributed by atoms with E-state index in [9.17, 15) is 9.59 Å². The molecule has 0 aromatic carbocycles. The van der Waals surface area contributed by atoms with Gasteiger partial charge in [-0.15, -0.1) is 11.8 Å². The summed E-state index contributed by atoms with van der Waals surface area (Å²) in [5.74, 6) is -1.16. The number of fused-ring (bicyclic) bond motifs is 1. The molecule has 16 heavy (non-hydrogen) atoms. The number of carboxylic acids is 1. The molecule has 0 unspecified atom stereocenters. The number of carboxylic acid groups (broad SMARTS) is 1. The molecule has 2 aliphatic heterocycles. The molecule has 0 saturated carbocycles. The Morgan fingerprint density at radius 1 is 1.50 bits per heavy atom. The van der Waals surface area contributed by atoms with Crippen LogP contribution in [-0.2, 0) is 9.59 Å². The molecule has 0 bridgehead atoms. The number of rotatable bonds is 1. The molecule has 8 heteroatoms. The molecule has 0 spiro atoms. The van der Waals surface area contributed by atoms with E-state index in [1.54, 1.807) is 0 Å². The second kappa shape index (κ2) is 4.42. The maximum absolute atomic E-state index is 11.7. The quantitative estimate of drug-likeness (QED) is 0.417. The molecular formula is C8H10Br2NNaO3S. The van der Waals surface area contributed by atoms with Crippen LogP contribution in [0.3, 0.4) is 0 Å². The van der Waals surface area contributed by atoms with Crippen LogP contribution in [0.5, 0.6) is 0 Å². The normalized spacial score (nSPS) is 33.8. The van der Waals surface area contributed by atoms with Gasteiger partial charge in [-0.05, 0) is 13.8 Å². The third-order valence-electron chi connectivity index (χ3n) is 2.67. The van der Waals surface area contributed by atoms with Crippen LogP contribution in [0.1, 0.15) is 13.8 Å². The number of aliphatic carboxylic acids is 1. The fraction of sp³-hybridized carbons (Fsp3) is 0.750. The molecule has 2 rings (SSSR count). The van der Waals surface area contributed by atoms with Crippen LogP contribution < -0.4 is 0 Å². The minimum atomic E-state index is -0.946. The maximum atomic E-state index is 11.7. The van der Waals surface area contributed by atoms with Gasteiger partial charge in [-0.1, -0.05) is 31.9 Å². The molecule has 2 atom stereocenters. The molecule has 2 fully saturated rings. The number of β-lactam (4-membered cyclic amide) rings is 1. The van der Waals surface area contributed by atoms with Crippen LogP contribution in [0.4, 0.5) is 0 Å². The SMILES string of the molecule is CC1(C)S[C@H]2N(C(=O)C2(Br)Br)[C@H]1C(=O)O.[NaH]. The molecule has 4 nitrogen and oxygen atoms in total. The number of alkyl halides is 2. The van der Waals surface area contributed by atoms with Crippen LogP contribution in [0, 0.1) is 0 Å². The summed E-state index contributed by atoms with van der Waals surface area (Å²) < 4.78 is -1.25. The van der Waals surface area contributed by atoms with Crippen LogP contribution in [-0.4, -0.2) is 70.8 Å². The zero-order valence-electron chi connectivity index (χ0n) is 8.03. The second-order valence-corrected chi connectivity index (χ2v) is 9.45. The Kier molecular flexibility index (Phi) is 4.23. The van der Waals surface area contributed by atoms with Crippen molar-refractivity contribution in [2.24, 2.45) is 0 Å². The van der Waals surface area contributed by atoms with Crippen LogP contribution >= 0.6 is 43.6 Å². The standard InChI is InChI=1S/C8H9Br2NO3S.Na.H/c1-7(2)3(4(12)13)11-5(14)8(9,10)6(11)15-7;;/h3,6H,1-2H3,(H,12,13);;/t3-,6+;;/m0../s1. The average Bonchev–Trinajstić information content (AvgIpc) is 2.35. The predicted octanol–water partition coefficient (Wildman–Crippen LogP) is 0.971. The van der Waals surface area contributed by atoms with E-state index in [0.29, 0.717) is 0 Å². The molecule has 0 aliphatic carbocycles. The van der Waals surface area contributed by atoms with E-state index in [1.807, 2.05) is 13.8 Å². The van der Waals surface area contributed by atoms with Crippen LogP contribution in [0.2, 0.25) is 0 Å². The van der Waals surface area contributed by atoms with Crippen molar-refractivity contribution < 1.29 is 14.7 Å². The van der Waals surface area contributed by atoms with E-state index in [-0.39, 0.29) is 40.8 Å². The first-order valence-electron chi connectivity index (χ1n) is 4.31. The van der Waals surface area contributed by atoms with Crippen LogP contribution in [0.25, 0.3) is 0 Å². The van der Waals surface area contributed by atoms with E-state index in [1.165, 1.54) is 16.7 Å². The van der Waals surface area contributed by atoms with Gasteiger partial charge < -0.3 is 10.0 Å². The fourth-order valence-corrected chi connectivity index (χ4v) is 4.89. The Labute approximate surface area is 136 Å². The minimum absolute atomic E-state index is 0. The van der Waals surface area contributed by atoms with Gasteiger partial charge in [0.25, 0.3) is 5.91 Å². The van der Waals surface area contributed by atoms with Gasteiger partial charge in [0.05, 0.1) is 0 Å². The molecule has 86 valence electrons. The average molecular weight is 383 g/mol. The Morgan fingerprint density at radius 2 is 2.00 bits per heavy atom. The van der Waals surface area contributed by atoms with E-state index < -0.39 is 20.0 Å². The Bertz CT molecular complexity index is 363. The summed E-state index contributed by atoms with van der Waals surface area (Å²) in [6.07, 6.45) is 0. The van der Waals surface area contributed by atoms with E-state index in [2.05, 4.69) is 31.9 Å².